The second-order valence-corrected chi connectivity index (χ2v) is 4.19. The van der Waals surface area contributed by atoms with Crippen molar-refractivity contribution in [3.05, 3.63) is 46.3 Å². The van der Waals surface area contributed by atoms with Gasteiger partial charge in [0.15, 0.2) is 0 Å². The van der Waals surface area contributed by atoms with Crippen molar-refractivity contribution in [1.29, 1.82) is 0 Å². The summed E-state index contributed by atoms with van der Waals surface area (Å²) >= 11 is 3.38. The summed E-state index contributed by atoms with van der Waals surface area (Å²) in [5, 5.41) is 6.18. The van der Waals surface area contributed by atoms with Gasteiger partial charge in [-0.05, 0) is 30.7 Å². The molecule has 0 radical (unpaired) electrons. The number of benzene rings is 1. The Balaban J connectivity index is 2.18. The van der Waals surface area contributed by atoms with Gasteiger partial charge < -0.3 is 9.84 Å². The maximum atomic E-state index is 11.8. The second kappa shape index (κ2) is 4.49. The third kappa shape index (κ3) is 2.30. The zero-order valence-corrected chi connectivity index (χ0v) is 10.1. The number of nitrogens with one attached hydrogen (secondary N) is 1. The van der Waals surface area contributed by atoms with Gasteiger partial charge in [-0.1, -0.05) is 21.1 Å². The molecule has 0 saturated carbocycles. The van der Waals surface area contributed by atoms with E-state index in [1.54, 1.807) is 6.07 Å². The van der Waals surface area contributed by atoms with Crippen LogP contribution in [0.15, 0.2) is 39.7 Å². The second-order valence-electron chi connectivity index (χ2n) is 3.33. The molecule has 2 aromatic rings. The lowest BCUT2D eigenvalue weighted by molar-refractivity contribution is 0.102. The van der Waals surface area contributed by atoms with Gasteiger partial charge in [0.1, 0.15) is 12.0 Å². The van der Waals surface area contributed by atoms with Crippen molar-refractivity contribution in [1.82, 2.24) is 5.16 Å². The molecule has 5 heteroatoms. The third-order valence-corrected chi connectivity index (χ3v) is 3.00. The van der Waals surface area contributed by atoms with Gasteiger partial charge in [0.05, 0.1) is 6.20 Å². The molecular weight excluding hydrogens is 272 g/mol. The molecule has 82 valence electrons. The van der Waals surface area contributed by atoms with Crippen LogP contribution in [0, 0.1) is 6.92 Å². The first-order valence-electron chi connectivity index (χ1n) is 4.63. The highest BCUT2D eigenvalue weighted by Gasteiger charge is 2.08. The Bertz CT molecular complexity index is 509. The van der Waals surface area contributed by atoms with Crippen LogP contribution in [-0.2, 0) is 0 Å². The van der Waals surface area contributed by atoms with E-state index in [-0.39, 0.29) is 5.91 Å². The Kier molecular flexibility index (Phi) is 3.05. The first-order chi connectivity index (χ1) is 7.66. The van der Waals surface area contributed by atoms with Gasteiger partial charge in [-0.25, -0.2) is 0 Å². The van der Waals surface area contributed by atoms with Crippen molar-refractivity contribution < 1.29 is 9.32 Å². The van der Waals surface area contributed by atoms with Gasteiger partial charge in [-0.2, -0.15) is 0 Å². The summed E-state index contributed by atoms with van der Waals surface area (Å²) in [6.07, 6.45) is 2.83. The molecule has 1 N–H and O–H groups in total. The highest BCUT2D eigenvalue weighted by atomic mass is 79.9. The average Bonchev–Trinajstić information content (AvgIpc) is 2.74. The Labute approximate surface area is 101 Å². The van der Waals surface area contributed by atoms with E-state index in [1.165, 1.54) is 12.5 Å². The summed E-state index contributed by atoms with van der Waals surface area (Å²) in [7, 11) is 0. The molecule has 1 amide bonds. The van der Waals surface area contributed by atoms with Crippen LogP contribution in [0.4, 0.5) is 5.69 Å². The van der Waals surface area contributed by atoms with Gasteiger partial charge in [-0.3, -0.25) is 4.79 Å². The summed E-state index contributed by atoms with van der Waals surface area (Å²) < 4.78 is 5.60. The molecule has 0 fully saturated rings. The van der Waals surface area contributed by atoms with Gasteiger partial charge in [0.2, 0.25) is 0 Å². The van der Waals surface area contributed by atoms with Crippen LogP contribution in [0.1, 0.15) is 15.9 Å². The largest absolute Gasteiger partial charge is 0.363 e. The van der Waals surface area contributed by atoms with Crippen LogP contribution in [0.25, 0.3) is 0 Å². The molecule has 1 heterocycles. The van der Waals surface area contributed by atoms with Crippen molar-refractivity contribution in [2.45, 2.75) is 6.92 Å². The molecule has 0 spiro atoms. The summed E-state index contributed by atoms with van der Waals surface area (Å²) in [5.41, 5.74) is 2.16. The maximum Gasteiger partial charge on any atom is 0.255 e. The van der Waals surface area contributed by atoms with Crippen LogP contribution in [-0.4, -0.2) is 11.1 Å². The molecule has 0 unspecified atom stereocenters. The van der Waals surface area contributed by atoms with Gasteiger partial charge in [-0.15, -0.1) is 0 Å². The molecule has 0 aliphatic rings. The minimum atomic E-state index is -0.182. The molecule has 2 rings (SSSR count). The summed E-state index contributed by atoms with van der Waals surface area (Å²) in [5.74, 6) is -0.182. The fraction of sp³-hybridized carbons (Fsp3) is 0.0909. The van der Waals surface area contributed by atoms with Gasteiger partial charge >= 0.3 is 0 Å². The lowest BCUT2D eigenvalue weighted by atomic mass is 10.1. The highest BCUT2D eigenvalue weighted by Crippen LogP contribution is 2.18. The number of hydrogen-bond donors (Lipinski definition) is 1. The number of aromatic nitrogens is 1. The lowest BCUT2D eigenvalue weighted by Gasteiger charge is -2.04. The van der Waals surface area contributed by atoms with E-state index in [0.717, 1.165) is 10.0 Å². The Morgan fingerprint density at radius 1 is 1.50 bits per heavy atom. The van der Waals surface area contributed by atoms with Gasteiger partial charge in [0.25, 0.3) is 5.91 Å². The van der Waals surface area contributed by atoms with Crippen molar-refractivity contribution in [3.8, 4) is 0 Å². The number of carbonyl (C=O) groups is 1. The Hall–Kier alpha value is -1.62. The first kappa shape index (κ1) is 10.9. The lowest BCUT2D eigenvalue weighted by Crippen LogP contribution is -2.11. The number of halogens is 1. The van der Waals surface area contributed by atoms with E-state index in [0.29, 0.717) is 11.3 Å². The summed E-state index contributed by atoms with van der Waals surface area (Å²) in [4.78, 5) is 11.8. The molecule has 0 saturated heterocycles. The van der Waals surface area contributed by atoms with Gasteiger partial charge in [0, 0.05) is 10.0 Å². The zero-order chi connectivity index (χ0) is 11.5. The molecular formula is C11H9BrN2O2. The number of aryl methyl sites for hydroxylation is 1. The van der Waals surface area contributed by atoms with E-state index in [4.69, 9.17) is 0 Å². The molecule has 16 heavy (non-hydrogen) atoms. The molecule has 0 bridgehead atoms. The molecule has 0 aliphatic heterocycles. The van der Waals surface area contributed by atoms with E-state index in [1.807, 2.05) is 19.1 Å². The van der Waals surface area contributed by atoms with E-state index < -0.39 is 0 Å². The van der Waals surface area contributed by atoms with E-state index in [2.05, 4.69) is 30.9 Å². The summed E-state index contributed by atoms with van der Waals surface area (Å²) in [6.45, 7) is 1.93. The van der Waals surface area contributed by atoms with Crippen LogP contribution in [0.3, 0.4) is 0 Å². The smallest absolute Gasteiger partial charge is 0.255 e. The molecule has 1 aromatic heterocycles. The van der Waals surface area contributed by atoms with Crippen LogP contribution >= 0.6 is 15.9 Å². The van der Waals surface area contributed by atoms with Crippen molar-refractivity contribution in [2.24, 2.45) is 0 Å². The zero-order valence-electron chi connectivity index (χ0n) is 8.53. The minimum absolute atomic E-state index is 0.182. The highest BCUT2D eigenvalue weighted by molar-refractivity contribution is 9.10. The predicted octanol–water partition coefficient (Wildman–Crippen LogP) is 3.00. The Morgan fingerprint density at radius 2 is 2.31 bits per heavy atom. The minimum Gasteiger partial charge on any atom is -0.363 e. The number of rotatable bonds is 2. The quantitative estimate of drug-likeness (QED) is 0.920. The number of amides is 1. The average molecular weight is 281 g/mol. The number of hydrogen-bond acceptors (Lipinski definition) is 3. The fourth-order valence-electron chi connectivity index (χ4n) is 1.26. The number of nitrogens with zero attached hydrogens (tertiary/aromatic N) is 1. The van der Waals surface area contributed by atoms with Crippen LogP contribution < -0.4 is 5.32 Å². The number of carbonyl (C=O) groups excluding carboxylic acids is 1. The fourth-order valence-corrected chi connectivity index (χ4v) is 1.50. The predicted molar refractivity (Wildman–Crippen MR) is 63.3 cm³/mol. The molecule has 1 aromatic carbocycles. The first-order valence-corrected chi connectivity index (χ1v) is 5.43. The van der Waals surface area contributed by atoms with E-state index in [9.17, 15) is 4.79 Å². The third-order valence-electron chi connectivity index (χ3n) is 2.11. The van der Waals surface area contributed by atoms with Crippen molar-refractivity contribution in [2.75, 3.05) is 5.32 Å². The van der Waals surface area contributed by atoms with Crippen LogP contribution in [0.2, 0.25) is 0 Å². The molecule has 0 atom stereocenters. The Morgan fingerprint density at radius 3 is 2.94 bits per heavy atom. The maximum absolute atomic E-state index is 11.8. The van der Waals surface area contributed by atoms with Crippen molar-refractivity contribution in [3.63, 3.8) is 0 Å². The number of anilines is 1. The monoisotopic (exact) mass is 280 g/mol. The topological polar surface area (TPSA) is 55.1 Å². The van der Waals surface area contributed by atoms with Crippen molar-refractivity contribution >= 4 is 27.5 Å². The van der Waals surface area contributed by atoms with Crippen LogP contribution in [0.5, 0.6) is 0 Å². The van der Waals surface area contributed by atoms with E-state index >= 15 is 0 Å². The molecule has 0 aliphatic carbocycles. The molecule has 4 nitrogen and oxygen atoms in total. The SMILES string of the molecule is Cc1cc(C(=O)Nc2cnoc2)ccc1Br. The normalized spacial score (nSPS) is 10.1. The summed E-state index contributed by atoms with van der Waals surface area (Å²) in [6, 6.07) is 5.41. The standard InChI is InChI=1S/C11H9BrN2O2/c1-7-4-8(2-3-10(7)12)11(15)14-9-5-13-16-6-9/h2-6H,1H3,(H,14,15).